The number of hydrogen-bond donors (Lipinski definition) is 2. The van der Waals surface area contributed by atoms with Crippen molar-refractivity contribution in [1.82, 2.24) is 10.3 Å². The Kier molecular flexibility index (Phi) is 6.78. The molecule has 0 aliphatic carbocycles. The smallest absolute Gasteiger partial charge is 0.428 e. The first-order valence-corrected chi connectivity index (χ1v) is 8.50. The van der Waals surface area contributed by atoms with Gasteiger partial charge in [0.05, 0.1) is 6.04 Å². The maximum absolute atomic E-state index is 13.1. The van der Waals surface area contributed by atoms with E-state index in [-0.39, 0.29) is 17.3 Å². The summed E-state index contributed by atoms with van der Waals surface area (Å²) in [6.45, 7) is 4.54. The maximum atomic E-state index is 13.1. The number of aryl methyl sites for hydroxylation is 1. The lowest BCUT2D eigenvalue weighted by molar-refractivity contribution is -0.253. The second-order valence-corrected chi connectivity index (χ2v) is 6.30. The Labute approximate surface area is 164 Å². The molecule has 156 valence electrons. The van der Waals surface area contributed by atoms with E-state index in [1.54, 1.807) is 13.8 Å². The third-order valence-corrected chi connectivity index (χ3v) is 3.73. The summed E-state index contributed by atoms with van der Waals surface area (Å²) < 4.78 is 54.8. The number of rotatable bonds is 7. The molecule has 2 aromatic rings. The van der Waals surface area contributed by atoms with Crippen LogP contribution in [0.1, 0.15) is 41.5 Å². The maximum Gasteiger partial charge on any atom is 0.461 e. The van der Waals surface area contributed by atoms with Gasteiger partial charge in [-0.2, -0.15) is 17.6 Å². The molecule has 1 atom stereocenters. The summed E-state index contributed by atoms with van der Waals surface area (Å²) in [5, 5.41) is 5.15. The molecule has 1 aromatic heterocycles. The first-order chi connectivity index (χ1) is 13.5. The average molecular weight is 413 g/mol. The van der Waals surface area contributed by atoms with Crippen molar-refractivity contribution in [2.45, 2.75) is 39.3 Å². The Morgan fingerprint density at radius 1 is 1.17 bits per heavy atom. The predicted molar refractivity (Wildman–Crippen MR) is 97.2 cm³/mol. The fraction of sp³-hybridized carbons (Fsp3) is 0.316. The fourth-order valence-corrected chi connectivity index (χ4v) is 2.46. The molecule has 29 heavy (non-hydrogen) atoms. The highest BCUT2D eigenvalue weighted by molar-refractivity contribution is 5.96. The summed E-state index contributed by atoms with van der Waals surface area (Å²) in [5.74, 6) is -1.10. The number of hydrogen-bond acceptors (Lipinski definition) is 4. The molecule has 0 aliphatic rings. The SMILES string of the molecule is CC(=O)Nc1cc(C(=O)NC(C)c2cccc(OC(F)(F)C(F)F)c2)cc(C)n1. The van der Waals surface area contributed by atoms with Gasteiger partial charge < -0.3 is 15.4 Å². The molecule has 0 saturated heterocycles. The van der Waals surface area contributed by atoms with Crippen LogP contribution in [-0.2, 0) is 4.79 Å². The van der Waals surface area contributed by atoms with Crippen LogP contribution in [0.5, 0.6) is 5.75 Å². The van der Waals surface area contributed by atoms with Gasteiger partial charge in [0.15, 0.2) is 0 Å². The van der Waals surface area contributed by atoms with E-state index in [4.69, 9.17) is 0 Å². The Morgan fingerprint density at radius 3 is 2.48 bits per heavy atom. The lowest BCUT2D eigenvalue weighted by Gasteiger charge is -2.19. The molecule has 0 fully saturated rings. The van der Waals surface area contributed by atoms with E-state index in [0.717, 1.165) is 12.1 Å². The van der Waals surface area contributed by atoms with Gasteiger partial charge in [-0.25, -0.2) is 4.98 Å². The van der Waals surface area contributed by atoms with E-state index in [1.165, 1.54) is 31.2 Å². The van der Waals surface area contributed by atoms with Gasteiger partial charge in [-0.15, -0.1) is 0 Å². The number of ether oxygens (including phenoxy) is 1. The van der Waals surface area contributed by atoms with E-state index in [9.17, 15) is 27.2 Å². The van der Waals surface area contributed by atoms with Crippen LogP contribution in [0.25, 0.3) is 0 Å². The average Bonchev–Trinajstić information content (AvgIpc) is 2.60. The van der Waals surface area contributed by atoms with Crippen LogP contribution < -0.4 is 15.4 Å². The lowest BCUT2D eigenvalue weighted by Crippen LogP contribution is -2.33. The Bertz CT molecular complexity index is 906. The number of amides is 2. The first kappa shape index (κ1) is 22.1. The second-order valence-electron chi connectivity index (χ2n) is 6.30. The van der Waals surface area contributed by atoms with Crippen LogP contribution in [0.3, 0.4) is 0 Å². The molecule has 1 unspecified atom stereocenters. The molecule has 0 radical (unpaired) electrons. The number of pyridine rings is 1. The van der Waals surface area contributed by atoms with Crippen LogP contribution in [0, 0.1) is 6.92 Å². The van der Waals surface area contributed by atoms with Gasteiger partial charge in [0, 0.05) is 18.2 Å². The van der Waals surface area contributed by atoms with E-state index >= 15 is 0 Å². The minimum Gasteiger partial charge on any atom is -0.428 e. The van der Waals surface area contributed by atoms with Crippen molar-refractivity contribution in [2.75, 3.05) is 5.32 Å². The highest BCUT2D eigenvalue weighted by atomic mass is 19.3. The number of anilines is 1. The summed E-state index contributed by atoms with van der Waals surface area (Å²) >= 11 is 0. The summed E-state index contributed by atoms with van der Waals surface area (Å²) in [6.07, 6.45) is -8.60. The molecule has 0 aliphatic heterocycles. The topological polar surface area (TPSA) is 80.3 Å². The van der Waals surface area contributed by atoms with Gasteiger partial charge in [-0.1, -0.05) is 12.1 Å². The standard InChI is InChI=1S/C19H19F4N3O3/c1-10-7-14(9-16(24-10)26-12(3)27)17(28)25-11(2)13-5-4-6-15(8-13)29-19(22,23)18(20)21/h4-9,11,18H,1-3H3,(H,25,28)(H,24,26,27). The number of carbonyl (C=O) groups excluding carboxylic acids is 2. The van der Waals surface area contributed by atoms with E-state index < -0.39 is 30.2 Å². The predicted octanol–water partition coefficient (Wildman–Crippen LogP) is 4.08. The van der Waals surface area contributed by atoms with E-state index in [0.29, 0.717) is 11.3 Å². The van der Waals surface area contributed by atoms with Gasteiger partial charge in [-0.05, 0) is 43.7 Å². The zero-order chi connectivity index (χ0) is 21.8. The molecule has 0 spiro atoms. The zero-order valence-corrected chi connectivity index (χ0v) is 15.8. The summed E-state index contributed by atoms with van der Waals surface area (Å²) in [6, 6.07) is 7.38. The van der Waals surface area contributed by atoms with Gasteiger partial charge in [0.1, 0.15) is 11.6 Å². The highest BCUT2D eigenvalue weighted by Crippen LogP contribution is 2.29. The normalized spacial score (nSPS) is 12.4. The van der Waals surface area contributed by atoms with Crippen molar-refractivity contribution >= 4 is 17.6 Å². The summed E-state index contributed by atoms with van der Waals surface area (Å²) in [5.41, 5.74) is 1.09. The van der Waals surface area contributed by atoms with Crippen molar-refractivity contribution in [3.8, 4) is 5.75 Å². The monoisotopic (exact) mass is 413 g/mol. The number of aromatic nitrogens is 1. The van der Waals surface area contributed by atoms with E-state index in [2.05, 4.69) is 20.4 Å². The molecule has 1 aromatic carbocycles. The summed E-state index contributed by atoms with van der Waals surface area (Å²) in [4.78, 5) is 27.8. The second kappa shape index (κ2) is 8.89. The van der Waals surface area contributed by atoms with Gasteiger partial charge in [0.25, 0.3) is 5.91 Å². The number of benzene rings is 1. The van der Waals surface area contributed by atoms with Crippen molar-refractivity contribution in [2.24, 2.45) is 0 Å². The highest BCUT2D eigenvalue weighted by Gasteiger charge is 2.44. The minimum absolute atomic E-state index is 0.208. The van der Waals surface area contributed by atoms with Crippen LogP contribution >= 0.6 is 0 Å². The van der Waals surface area contributed by atoms with Crippen LogP contribution in [0.2, 0.25) is 0 Å². The van der Waals surface area contributed by atoms with Crippen LogP contribution in [0.4, 0.5) is 23.4 Å². The molecule has 2 amide bonds. The molecule has 0 saturated carbocycles. The van der Waals surface area contributed by atoms with E-state index in [1.807, 2.05) is 0 Å². The number of nitrogens with one attached hydrogen (secondary N) is 2. The van der Waals surface area contributed by atoms with Crippen molar-refractivity contribution < 1.29 is 31.9 Å². The fourth-order valence-electron chi connectivity index (χ4n) is 2.46. The molecule has 0 bridgehead atoms. The van der Waals surface area contributed by atoms with Crippen molar-refractivity contribution in [3.63, 3.8) is 0 Å². The van der Waals surface area contributed by atoms with Crippen LogP contribution in [-0.4, -0.2) is 29.3 Å². The van der Waals surface area contributed by atoms with Crippen LogP contribution in [0.15, 0.2) is 36.4 Å². The quantitative estimate of drug-likeness (QED) is 0.671. The first-order valence-electron chi connectivity index (χ1n) is 8.50. The zero-order valence-electron chi connectivity index (χ0n) is 15.8. The Balaban J connectivity index is 2.15. The minimum atomic E-state index is -4.63. The molecule has 6 nitrogen and oxygen atoms in total. The molecular formula is C19H19F4N3O3. The number of alkyl halides is 4. The number of nitrogens with zero attached hydrogens (tertiary/aromatic N) is 1. The number of halogens is 4. The van der Waals surface area contributed by atoms with Gasteiger partial charge >= 0.3 is 12.5 Å². The largest absolute Gasteiger partial charge is 0.461 e. The molecule has 2 rings (SSSR count). The molecule has 1 heterocycles. The third-order valence-electron chi connectivity index (χ3n) is 3.73. The van der Waals surface area contributed by atoms with Gasteiger partial charge in [0.2, 0.25) is 5.91 Å². The number of carbonyl (C=O) groups is 2. The van der Waals surface area contributed by atoms with Crippen molar-refractivity contribution in [1.29, 1.82) is 0 Å². The molecule has 2 N–H and O–H groups in total. The molecule has 10 heteroatoms. The lowest BCUT2D eigenvalue weighted by atomic mass is 10.1. The van der Waals surface area contributed by atoms with Gasteiger partial charge in [-0.3, -0.25) is 9.59 Å². The third kappa shape index (κ3) is 6.16. The Hall–Kier alpha value is -3.17. The Morgan fingerprint density at radius 2 is 1.86 bits per heavy atom. The van der Waals surface area contributed by atoms with Crippen molar-refractivity contribution in [3.05, 3.63) is 53.2 Å². The summed E-state index contributed by atoms with van der Waals surface area (Å²) in [7, 11) is 0. The molecular weight excluding hydrogens is 394 g/mol.